The number of nitrogens with zero attached hydrogens (tertiary/aromatic N) is 2. The number of aromatic nitrogens is 1. The molecule has 4 rings (SSSR count). The molecule has 10 heteroatoms. The van der Waals surface area contributed by atoms with Crippen LogP contribution in [0.5, 0.6) is 17.2 Å². The van der Waals surface area contributed by atoms with E-state index in [0.717, 1.165) is 16.5 Å². The van der Waals surface area contributed by atoms with Gasteiger partial charge in [-0.1, -0.05) is 30.7 Å². The lowest BCUT2D eigenvalue weighted by Crippen LogP contribution is -2.40. The van der Waals surface area contributed by atoms with Gasteiger partial charge in [0, 0.05) is 5.56 Å². The average molecular weight is 602 g/mol. The van der Waals surface area contributed by atoms with E-state index in [1.54, 1.807) is 57.1 Å². The summed E-state index contributed by atoms with van der Waals surface area (Å²) in [5.74, 6) is 1.27. The van der Waals surface area contributed by atoms with Gasteiger partial charge in [-0.25, -0.2) is 9.79 Å². The number of rotatable bonds is 9. The highest BCUT2D eigenvalue weighted by Gasteiger charge is 2.36. The third-order valence-electron chi connectivity index (χ3n) is 6.10. The summed E-state index contributed by atoms with van der Waals surface area (Å²) in [6, 6.07) is 10.1. The number of methoxy groups -OCH3 is 3. The third kappa shape index (κ3) is 5.28. The Morgan fingerprint density at radius 3 is 2.45 bits per heavy atom. The van der Waals surface area contributed by atoms with Gasteiger partial charge in [0.25, 0.3) is 5.56 Å². The van der Waals surface area contributed by atoms with Gasteiger partial charge in [0.2, 0.25) is 0 Å². The number of hydrogen-bond donors (Lipinski definition) is 0. The fourth-order valence-corrected chi connectivity index (χ4v) is 5.97. The number of carbonyl (C=O) groups excluding carboxylic acids is 1. The summed E-state index contributed by atoms with van der Waals surface area (Å²) in [4.78, 5) is 32.6. The minimum Gasteiger partial charge on any atom is -0.497 e. The second-order valence-electron chi connectivity index (χ2n) is 8.42. The van der Waals surface area contributed by atoms with E-state index >= 15 is 0 Å². The van der Waals surface area contributed by atoms with Gasteiger partial charge in [-0.05, 0) is 71.2 Å². The monoisotopic (exact) mass is 600 g/mol. The number of hydrogen-bond acceptors (Lipinski definition) is 8. The molecule has 0 fully saturated rings. The van der Waals surface area contributed by atoms with E-state index in [-0.39, 0.29) is 12.2 Å². The van der Waals surface area contributed by atoms with Gasteiger partial charge >= 0.3 is 5.97 Å². The maximum absolute atomic E-state index is 14.0. The van der Waals surface area contributed by atoms with Gasteiger partial charge in [-0.15, -0.1) is 0 Å². The number of thiazole rings is 1. The summed E-state index contributed by atoms with van der Waals surface area (Å²) in [6.07, 6.45) is 3.12. The molecule has 0 saturated carbocycles. The zero-order valence-electron chi connectivity index (χ0n) is 21.9. The molecule has 0 saturated heterocycles. The maximum atomic E-state index is 14.0. The van der Waals surface area contributed by atoms with E-state index < -0.39 is 12.0 Å². The highest BCUT2D eigenvalue weighted by atomic mass is 79.9. The first kappa shape index (κ1) is 27.7. The Labute approximate surface area is 233 Å². The van der Waals surface area contributed by atoms with E-state index in [4.69, 9.17) is 23.9 Å². The van der Waals surface area contributed by atoms with Crippen LogP contribution in [0.1, 0.15) is 43.9 Å². The topological polar surface area (TPSA) is 88.4 Å². The van der Waals surface area contributed by atoms with E-state index in [1.165, 1.54) is 11.3 Å². The van der Waals surface area contributed by atoms with E-state index in [2.05, 4.69) is 15.9 Å². The lowest BCUT2D eigenvalue weighted by atomic mass is 9.93. The molecule has 200 valence electrons. The quantitative estimate of drug-likeness (QED) is 0.339. The maximum Gasteiger partial charge on any atom is 0.338 e. The predicted molar refractivity (Wildman–Crippen MR) is 150 cm³/mol. The first-order chi connectivity index (χ1) is 18.4. The predicted octanol–water partition coefficient (Wildman–Crippen LogP) is 4.37. The fourth-order valence-electron chi connectivity index (χ4n) is 4.39. The molecule has 3 aromatic rings. The lowest BCUT2D eigenvalue weighted by molar-refractivity contribution is -0.139. The average Bonchev–Trinajstić information content (AvgIpc) is 3.22. The van der Waals surface area contributed by atoms with Crippen molar-refractivity contribution >= 4 is 39.3 Å². The summed E-state index contributed by atoms with van der Waals surface area (Å²) < 4.78 is 24.8. The van der Waals surface area contributed by atoms with E-state index in [1.807, 2.05) is 25.1 Å². The van der Waals surface area contributed by atoms with Crippen LogP contribution in [0.2, 0.25) is 0 Å². The Morgan fingerprint density at radius 2 is 1.82 bits per heavy atom. The number of benzene rings is 2. The number of ether oxygens (including phenoxy) is 4. The minimum atomic E-state index is -0.804. The second-order valence-corrected chi connectivity index (χ2v) is 10.3. The number of halogens is 1. The lowest BCUT2D eigenvalue weighted by Gasteiger charge is -2.27. The third-order valence-corrected chi connectivity index (χ3v) is 7.70. The SMILES string of the molecule is CCCC1=C(C(=O)OCC)[C@H](c2cc(OC)ccc2OC)n2c(s/c(=C\c3ccc(OC)c(Br)c3)c2=O)=N1. The molecule has 0 unspecified atom stereocenters. The normalized spacial score (nSPS) is 15.1. The molecule has 0 N–H and O–H groups in total. The summed E-state index contributed by atoms with van der Waals surface area (Å²) in [5.41, 5.74) is 2.08. The highest BCUT2D eigenvalue weighted by molar-refractivity contribution is 9.10. The summed E-state index contributed by atoms with van der Waals surface area (Å²) >= 11 is 4.78. The molecule has 8 nitrogen and oxygen atoms in total. The van der Waals surface area contributed by atoms with Crippen molar-refractivity contribution in [2.45, 2.75) is 32.7 Å². The molecule has 0 bridgehead atoms. The van der Waals surface area contributed by atoms with Gasteiger partial charge in [0.15, 0.2) is 4.80 Å². The summed E-state index contributed by atoms with van der Waals surface area (Å²) in [6.45, 7) is 3.96. The Kier molecular flexibility index (Phi) is 8.73. The number of carbonyl (C=O) groups is 1. The molecular weight excluding hydrogens is 572 g/mol. The summed E-state index contributed by atoms with van der Waals surface area (Å²) in [5, 5.41) is 0. The Balaban J connectivity index is 2.03. The van der Waals surface area contributed by atoms with Crippen molar-refractivity contribution < 1.29 is 23.7 Å². The molecule has 1 aromatic heterocycles. The zero-order chi connectivity index (χ0) is 27.4. The second kappa shape index (κ2) is 12.0. The van der Waals surface area contributed by atoms with Crippen LogP contribution in [0, 0.1) is 0 Å². The van der Waals surface area contributed by atoms with Crippen LogP contribution < -0.4 is 29.1 Å². The van der Waals surface area contributed by atoms with Crippen molar-refractivity contribution in [2.24, 2.45) is 4.99 Å². The van der Waals surface area contributed by atoms with Crippen molar-refractivity contribution in [3.63, 3.8) is 0 Å². The van der Waals surface area contributed by atoms with Crippen molar-refractivity contribution in [1.82, 2.24) is 4.57 Å². The van der Waals surface area contributed by atoms with Crippen molar-refractivity contribution in [3.8, 4) is 17.2 Å². The van der Waals surface area contributed by atoms with Gasteiger partial charge in [-0.3, -0.25) is 9.36 Å². The number of allylic oxidation sites excluding steroid dienone is 1. The van der Waals surface area contributed by atoms with Crippen LogP contribution in [0.4, 0.5) is 0 Å². The number of esters is 1. The first-order valence-corrected chi connectivity index (χ1v) is 13.7. The Hall–Kier alpha value is -3.37. The van der Waals surface area contributed by atoms with Crippen molar-refractivity contribution in [1.29, 1.82) is 0 Å². The molecule has 0 spiro atoms. The summed E-state index contributed by atoms with van der Waals surface area (Å²) in [7, 11) is 4.71. The van der Waals surface area contributed by atoms with Crippen molar-refractivity contribution in [3.05, 3.63) is 83.0 Å². The molecule has 38 heavy (non-hydrogen) atoms. The molecule has 2 heterocycles. The Morgan fingerprint density at radius 1 is 1.08 bits per heavy atom. The van der Waals surface area contributed by atoms with E-state index in [0.29, 0.717) is 49.8 Å². The molecule has 0 amide bonds. The molecule has 1 aliphatic heterocycles. The first-order valence-electron chi connectivity index (χ1n) is 12.1. The minimum absolute atomic E-state index is 0.195. The smallest absolute Gasteiger partial charge is 0.338 e. The molecule has 1 atom stereocenters. The van der Waals surface area contributed by atoms with Crippen molar-refractivity contribution in [2.75, 3.05) is 27.9 Å². The van der Waals surface area contributed by atoms with Gasteiger partial charge in [0.1, 0.15) is 23.3 Å². The molecule has 0 aliphatic carbocycles. The van der Waals surface area contributed by atoms with Gasteiger partial charge in [0.05, 0.1) is 48.2 Å². The Bertz CT molecular complexity index is 1570. The van der Waals surface area contributed by atoms with Crippen LogP contribution >= 0.6 is 27.3 Å². The zero-order valence-corrected chi connectivity index (χ0v) is 24.3. The van der Waals surface area contributed by atoms with Crippen LogP contribution in [0.3, 0.4) is 0 Å². The van der Waals surface area contributed by atoms with Gasteiger partial charge < -0.3 is 18.9 Å². The molecule has 1 aliphatic rings. The molecular formula is C28H29BrN2O6S. The highest BCUT2D eigenvalue weighted by Crippen LogP contribution is 2.38. The van der Waals surface area contributed by atoms with Crippen LogP contribution in [-0.4, -0.2) is 38.5 Å². The fraction of sp³-hybridized carbons (Fsp3) is 0.321. The standard InChI is InChI=1S/C28H29BrN2O6S/c1-6-8-20-24(27(33)37-7-2)25(18-15-17(34-3)10-12-21(18)35-4)31-26(32)23(38-28(31)30-20)14-16-9-11-22(36-5)19(29)13-16/h9-15,25H,6-8H2,1-5H3/b23-14-/t25-/m0/s1. The van der Waals surface area contributed by atoms with Crippen LogP contribution in [-0.2, 0) is 9.53 Å². The van der Waals surface area contributed by atoms with Gasteiger partial charge in [-0.2, -0.15) is 0 Å². The molecule has 2 aromatic carbocycles. The van der Waals surface area contributed by atoms with Crippen LogP contribution in [0.25, 0.3) is 6.08 Å². The number of fused-ring (bicyclic) bond motifs is 1. The molecule has 0 radical (unpaired) electrons. The van der Waals surface area contributed by atoms with E-state index in [9.17, 15) is 9.59 Å². The largest absolute Gasteiger partial charge is 0.497 e. The van der Waals surface area contributed by atoms with Crippen LogP contribution in [0.15, 0.2) is 61.9 Å².